The highest BCUT2D eigenvalue weighted by Gasteiger charge is 2.11. The standard InChI is InChI=1S/C19H26N4O3/c1-15-3-5-16(6-4-15)19-22-21-18(26-19)8-7-17(24)20-9-2-10-23-11-13-25-14-12-23/h3-6H,2,7-14H2,1H3,(H,20,24). The molecule has 2 heterocycles. The van der Waals surface area contributed by atoms with E-state index < -0.39 is 0 Å². The first-order chi connectivity index (χ1) is 12.7. The van der Waals surface area contributed by atoms with Crippen LogP contribution in [0, 0.1) is 6.92 Å². The Kier molecular flexibility index (Phi) is 6.74. The van der Waals surface area contributed by atoms with E-state index in [1.54, 1.807) is 0 Å². The highest BCUT2D eigenvalue weighted by molar-refractivity contribution is 5.75. The maximum atomic E-state index is 11.9. The Hall–Kier alpha value is -2.25. The third-order valence-electron chi connectivity index (χ3n) is 4.41. The molecule has 7 heteroatoms. The fourth-order valence-electron chi connectivity index (χ4n) is 2.83. The van der Waals surface area contributed by atoms with Crippen molar-refractivity contribution < 1.29 is 13.9 Å². The molecule has 0 bridgehead atoms. The molecule has 7 nitrogen and oxygen atoms in total. The van der Waals surface area contributed by atoms with E-state index in [0.29, 0.717) is 31.2 Å². The van der Waals surface area contributed by atoms with Gasteiger partial charge in [-0.1, -0.05) is 17.7 Å². The molecule has 2 aromatic rings. The Morgan fingerprint density at radius 1 is 1.19 bits per heavy atom. The van der Waals surface area contributed by atoms with Gasteiger partial charge in [0.15, 0.2) is 0 Å². The summed E-state index contributed by atoms with van der Waals surface area (Å²) in [6.45, 7) is 7.29. The average molecular weight is 358 g/mol. The van der Waals surface area contributed by atoms with Crippen molar-refractivity contribution in [2.75, 3.05) is 39.4 Å². The summed E-state index contributed by atoms with van der Waals surface area (Å²) in [6.07, 6.45) is 1.76. The van der Waals surface area contributed by atoms with Crippen molar-refractivity contribution in [3.8, 4) is 11.5 Å². The molecule has 1 amide bonds. The Morgan fingerprint density at radius 3 is 2.73 bits per heavy atom. The molecule has 1 aromatic carbocycles. The number of carbonyl (C=O) groups is 1. The molecule has 0 aliphatic carbocycles. The Labute approximate surface area is 153 Å². The summed E-state index contributed by atoms with van der Waals surface area (Å²) in [4.78, 5) is 14.3. The van der Waals surface area contributed by atoms with Gasteiger partial charge in [-0.05, 0) is 32.0 Å². The minimum Gasteiger partial charge on any atom is -0.421 e. The van der Waals surface area contributed by atoms with Gasteiger partial charge in [0.2, 0.25) is 17.7 Å². The van der Waals surface area contributed by atoms with Crippen LogP contribution in [0.4, 0.5) is 0 Å². The van der Waals surface area contributed by atoms with Crippen LogP contribution in [-0.2, 0) is 16.0 Å². The molecule has 1 aromatic heterocycles. The number of ether oxygens (including phenoxy) is 1. The van der Waals surface area contributed by atoms with Crippen molar-refractivity contribution in [3.63, 3.8) is 0 Å². The van der Waals surface area contributed by atoms with Crippen molar-refractivity contribution in [2.45, 2.75) is 26.2 Å². The van der Waals surface area contributed by atoms with Gasteiger partial charge in [-0.15, -0.1) is 10.2 Å². The first-order valence-corrected chi connectivity index (χ1v) is 9.17. The third kappa shape index (κ3) is 5.64. The minimum absolute atomic E-state index is 0.0158. The molecule has 140 valence electrons. The molecule has 0 unspecified atom stereocenters. The molecule has 26 heavy (non-hydrogen) atoms. The lowest BCUT2D eigenvalue weighted by molar-refractivity contribution is -0.121. The molecule has 1 fully saturated rings. The molecule has 0 saturated carbocycles. The lowest BCUT2D eigenvalue weighted by Crippen LogP contribution is -2.38. The Bertz CT molecular complexity index is 693. The van der Waals surface area contributed by atoms with Crippen molar-refractivity contribution in [1.82, 2.24) is 20.4 Å². The number of carbonyl (C=O) groups excluding carboxylic acids is 1. The Balaban J connectivity index is 1.34. The normalized spacial score (nSPS) is 15.1. The molecule has 1 N–H and O–H groups in total. The molecule has 0 radical (unpaired) electrons. The molecule has 1 saturated heterocycles. The SMILES string of the molecule is Cc1ccc(-c2nnc(CCC(=O)NCCCN3CCOCC3)o2)cc1. The zero-order valence-corrected chi connectivity index (χ0v) is 15.2. The van der Waals surface area contributed by atoms with Crippen LogP contribution in [0.15, 0.2) is 28.7 Å². The summed E-state index contributed by atoms with van der Waals surface area (Å²) < 4.78 is 11.0. The molecular formula is C19H26N4O3. The van der Waals surface area contributed by atoms with Gasteiger partial charge in [-0.3, -0.25) is 9.69 Å². The van der Waals surface area contributed by atoms with Crippen molar-refractivity contribution in [3.05, 3.63) is 35.7 Å². The summed E-state index contributed by atoms with van der Waals surface area (Å²) in [5, 5.41) is 11.0. The van der Waals surface area contributed by atoms with Gasteiger partial charge < -0.3 is 14.5 Å². The van der Waals surface area contributed by atoms with Crippen molar-refractivity contribution >= 4 is 5.91 Å². The summed E-state index contributed by atoms with van der Waals surface area (Å²) in [5.41, 5.74) is 2.07. The van der Waals surface area contributed by atoms with Gasteiger partial charge in [0, 0.05) is 38.0 Å². The van der Waals surface area contributed by atoms with Gasteiger partial charge in [0.1, 0.15) is 0 Å². The van der Waals surface area contributed by atoms with E-state index in [2.05, 4.69) is 20.4 Å². The molecule has 3 rings (SSSR count). The molecule has 0 atom stereocenters. The van der Waals surface area contributed by atoms with E-state index in [0.717, 1.165) is 44.8 Å². The minimum atomic E-state index is 0.0158. The van der Waals surface area contributed by atoms with Crippen molar-refractivity contribution in [1.29, 1.82) is 0 Å². The van der Waals surface area contributed by atoms with Crippen LogP contribution in [0.2, 0.25) is 0 Å². The fraction of sp³-hybridized carbons (Fsp3) is 0.526. The van der Waals surface area contributed by atoms with Gasteiger partial charge in [-0.25, -0.2) is 0 Å². The topological polar surface area (TPSA) is 80.5 Å². The Morgan fingerprint density at radius 2 is 1.96 bits per heavy atom. The maximum Gasteiger partial charge on any atom is 0.247 e. The van der Waals surface area contributed by atoms with Crippen molar-refractivity contribution in [2.24, 2.45) is 0 Å². The van der Waals surface area contributed by atoms with Gasteiger partial charge in [0.05, 0.1) is 13.2 Å². The fourth-order valence-corrected chi connectivity index (χ4v) is 2.83. The number of hydrogen-bond acceptors (Lipinski definition) is 6. The number of aromatic nitrogens is 2. The molecule has 1 aliphatic heterocycles. The van der Waals surface area contributed by atoms with Crippen LogP contribution >= 0.6 is 0 Å². The summed E-state index contributed by atoms with van der Waals surface area (Å²) >= 11 is 0. The third-order valence-corrected chi connectivity index (χ3v) is 4.41. The number of aryl methyl sites for hydroxylation is 2. The lowest BCUT2D eigenvalue weighted by atomic mass is 10.1. The van der Waals surface area contributed by atoms with Crippen LogP contribution in [0.5, 0.6) is 0 Å². The van der Waals surface area contributed by atoms with E-state index in [1.807, 2.05) is 31.2 Å². The second-order valence-electron chi connectivity index (χ2n) is 6.52. The highest BCUT2D eigenvalue weighted by atomic mass is 16.5. The molecular weight excluding hydrogens is 332 g/mol. The summed E-state index contributed by atoms with van der Waals surface area (Å²) in [7, 11) is 0. The van der Waals surface area contributed by atoms with Gasteiger partial charge >= 0.3 is 0 Å². The van der Waals surface area contributed by atoms with E-state index in [4.69, 9.17) is 9.15 Å². The number of amides is 1. The maximum absolute atomic E-state index is 11.9. The van der Waals surface area contributed by atoms with Crippen LogP contribution in [0.1, 0.15) is 24.3 Å². The van der Waals surface area contributed by atoms with E-state index in [1.165, 1.54) is 5.56 Å². The number of nitrogens with one attached hydrogen (secondary N) is 1. The summed E-state index contributed by atoms with van der Waals surface area (Å²) in [6, 6.07) is 7.91. The van der Waals surface area contributed by atoms with E-state index in [9.17, 15) is 4.79 Å². The number of nitrogens with zero attached hydrogens (tertiary/aromatic N) is 3. The number of hydrogen-bond donors (Lipinski definition) is 1. The molecule has 0 spiro atoms. The first-order valence-electron chi connectivity index (χ1n) is 9.17. The van der Waals surface area contributed by atoms with Crippen LogP contribution in [0.25, 0.3) is 11.5 Å². The molecule has 1 aliphatic rings. The largest absolute Gasteiger partial charge is 0.421 e. The second kappa shape index (κ2) is 9.45. The predicted molar refractivity (Wildman–Crippen MR) is 97.7 cm³/mol. The highest BCUT2D eigenvalue weighted by Crippen LogP contribution is 2.18. The van der Waals surface area contributed by atoms with Gasteiger partial charge in [-0.2, -0.15) is 0 Å². The monoisotopic (exact) mass is 358 g/mol. The van der Waals surface area contributed by atoms with Crippen LogP contribution in [-0.4, -0.2) is 60.4 Å². The van der Waals surface area contributed by atoms with E-state index in [-0.39, 0.29) is 5.91 Å². The quantitative estimate of drug-likeness (QED) is 0.725. The van der Waals surface area contributed by atoms with Crippen LogP contribution < -0.4 is 5.32 Å². The lowest BCUT2D eigenvalue weighted by Gasteiger charge is -2.26. The zero-order valence-electron chi connectivity index (χ0n) is 15.2. The number of morpholine rings is 1. The zero-order chi connectivity index (χ0) is 18.2. The number of benzene rings is 1. The number of rotatable bonds is 8. The second-order valence-corrected chi connectivity index (χ2v) is 6.52. The predicted octanol–water partition coefficient (Wildman–Crippen LogP) is 1.82. The van der Waals surface area contributed by atoms with E-state index >= 15 is 0 Å². The smallest absolute Gasteiger partial charge is 0.247 e. The average Bonchev–Trinajstić information content (AvgIpc) is 3.14. The van der Waals surface area contributed by atoms with Crippen LogP contribution in [0.3, 0.4) is 0 Å². The summed E-state index contributed by atoms with van der Waals surface area (Å²) in [5.74, 6) is 0.997. The first kappa shape index (κ1) is 18.5. The van der Waals surface area contributed by atoms with Gasteiger partial charge in [0.25, 0.3) is 0 Å².